The van der Waals surface area contributed by atoms with Crippen molar-refractivity contribution in [1.82, 2.24) is 4.72 Å². The van der Waals surface area contributed by atoms with Gasteiger partial charge in [-0.3, -0.25) is 4.79 Å². The number of carbonyl (C=O) groups is 1. The second-order valence-corrected chi connectivity index (χ2v) is 8.06. The molecule has 1 amide bonds. The highest BCUT2D eigenvalue weighted by Crippen LogP contribution is 2.22. The van der Waals surface area contributed by atoms with E-state index in [4.69, 9.17) is 9.47 Å². The van der Waals surface area contributed by atoms with Gasteiger partial charge >= 0.3 is 0 Å². The quantitative estimate of drug-likeness (QED) is 0.790. The molecule has 144 valence electrons. The van der Waals surface area contributed by atoms with Gasteiger partial charge in [-0.05, 0) is 55.3 Å². The monoisotopic (exact) mass is 390 g/mol. The van der Waals surface area contributed by atoms with Crippen molar-refractivity contribution in [3.63, 3.8) is 0 Å². The van der Waals surface area contributed by atoms with E-state index in [1.807, 2.05) is 6.92 Å². The van der Waals surface area contributed by atoms with Gasteiger partial charge in [0.25, 0.3) is 5.91 Å². The summed E-state index contributed by atoms with van der Waals surface area (Å²) in [6.07, 6.45) is 0.635. The molecule has 27 heavy (non-hydrogen) atoms. The zero-order chi connectivity index (χ0) is 19.4. The van der Waals surface area contributed by atoms with E-state index in [0.717, 1.165) is 11.3 Å². The lowest BCUT2D eigenvalue weighted by Gasteiger charge is -2.13. The van der Waals surface area contributed by atoms with Gasteiger partial charge in [0, 0.05) is 23.9 Å². The van der Waals surface area contributed by atoms with Gasteiger partial charge in [0.1, 0.15) is 5.75 Å². The van der Waals surface area contributed by atoms with Gasteiger partial charge in [-0.2, -0.15) is 0 Å². The maximum atomic E-state index is 12.5. The van der Waals surface area contributed by atoms with E-state index in [-0.39, 0.29) is 22.4 Å². The molecule has 1 aliphatic heterocycles. The maximum Gasteiger partial charge on any atom is 0.255 e. The van der Waals surface area contributed by atoms with E-state index in [0.29, 0.717) is 25.3 Å². The molecule has 0 spiro atoms. The van der Waals surface area contributed by atoms with E-state index in [1.54, 1.807) is 37.4 Å². The lowest BCUT2D eigenvalue weighted by Crippen LogP contribution is -2.35. The van der Waals surface area contributed by atoms with Gasteiger partial charge in [0.05, 0.1) is 18.6 Å². The van der Waals surface area contributed by atoms with Crippen LogP contribution in [0.25, 0.3) is 0 Å². The molecule has 1 fully saturated rings. The number of benzene rings is 2. The normalized spacial score (nSPS) is 16.9. The number of hydrogen-bond acceptors (Lipinski definition) is 5. The van der Waals surface area contributed by atoms with Gasteiger partial charge in [0.2, 0.25) is 10.0 Å². The van der Waals surface area contributed by atoms with Crippen LogP contribution in [0.4, 0.5) is 5.69 Å². The van der Waals surface area contributed by atoms with Crippen molar-refractivity contribution in [3.8, 4) is 5.75 Å². The SMILES string of the molecule is COc1ccc(NC(=O)c2cccc(S(=O)(=O)N[C@H]3CCOC3)c2)cc1C. The maximum absolute atomic E-state index is 12.5. The van der Waals surface area contributed by atoms with E-state index in [2.05, 4.69) is 10.0 Å². The summed E-state index contributed by atoms with van der Waals surface area (Å²) in [7, 11) is -2.13. The van der Waals surface area contributed by atoms with Gasteiger partial charge in [-0.1, -0.05) is 6.07 Å². The first-order chi connectivity index (χ1) is 12.9. The Morgan fingerprint density at radius 1 is 1.22 bits per heavy atom. The molecule has 7 nitrogen and oxygen atoms in total. The van der Waals surface area contributed by atoms with Crippen LogP contribution in [0, 0.1) is 6.92 Å². The molecular weight excluding hydrogens is 368 g/mol. The Morgan fingerprint density at radius 3 is 2.70 bits per heavy atom. The Hall–Kier alpha value is -2.42. The van der Waals surface area contributed by atoms with Crippen LogP contribution >= 0.6 is 0 Å². The lowest BCUT2D eigenvalue weighted by molar-refractivity contribution is 0.102. The minimum absolute atomic E-state index is 0.0490. The van der Waals surface area contributed by atoms with Crippen molar-refractivity contribution in [2.75, 3.05) is 25.6 Å². The standard InChI is InChI=1S/C19H22N2O5S/c1-13-10-15(6-7-18(13)25-2)20-19(22)14-4-3-5-17(11-14)27(23,24)21-16-8-9-26-12-16/h3-7,10-11,16,21H,8-9,12H2,1-2H3,(H,20,22)/t16-/m0/s1. The highest BCUT2D eigenvalue weighted by atomic mass is 32.2. The minimum atomic E-state index is -3.71. The van der Waals surface area contributed by atoms with Crippen LogP contribution in [-0.4, -0.2) is 40.7 Å². The summed E-state index contributed by atoms with van der Waals surface area (Å²) in [6, 6.07) is 11.0. The van der Waals surface area contributed by atoms with E-state index in [9.17, 15) is 13.2 Å². The average molecular weight is 390 g/mol. The molecule has 1 aliphatic rings. The number of amides is 1. The van der Waals surface area contributed by atoms with Gasteiger partial charge in [-0.25, -0.2) is 13.1 Å². The molecular formula is C19H22N2O5S. The fraction of sp³-hybridized carbons (Fsp3) is 0.316. The zero-order valence-corrected chi connectivity index (χ0v) is 16.0. The fourth-order valence-corrected chi connectivity index (χ4v) is 4.18. The van der Waals surface area contributed by atoms with Crippen LogP contribution < -0.4 is 14.8 Å². The fourth-order valence-electron chi connectivity index (χ4n) is 2.88. The molecule has 1 heterocycles. The molecule has 2 aromatic rings. The third-order valence-corrected chi connectivity index (χ3v) is 5.83. The van der Waals surface area contributed by atoms with Crippen molar-refractivity contribution >= 4 is 21.6 Å². The average Bonchev–Trinajstić information content (AvgIpc) is 3.14. The number of anilines is 1. The summed E-state index contributed by atoms with van der Waals surface area (Å²) in [5.41, 5.74) is 1.75. The molecule has 8 heteroatoms. The molecule has 2 aromatic carbocycles. The Kier molecular flexibility index (Phi) is 5.79. The van der Waals surface area contributed by atoms with Crippen molar-refractivity contribution in [2.24, 2.45) is 0 Å². The van der Waals surface area contributed by atoms with Crippen LogP contribution in [0.1, 0.15) is 22.3 Å². The van der Waals surface area contributed by atoms with Gasteiger partial charge < -0.3 is 14.8 Å². The summed E-state index contributed by atoms with van der Waals surface area (Å²) in [6.45, 7) is 2.77. The van der Waals surface area contributed by atoms with E-state index < -0.39 is 10.0 Å². The number of ether oxygens (including phenoxy) is 2. The van der Waals surface area contributed by atoms with Crippen LogP contribution in [0.2, 0.25) is 0 Å². The van der Waals surface area contributed by atoms with Crippen LogP contribution in [-0.2, 0) is 14.8 Å². The predicted octanol–water partition coefficient (Wildman–Crippen LogP) is 2.32. The van der Waals surface area contributed by atoms with Crippen molar-refractivity contribution < 1.29 is 22.7 Å². The van der Waals surface area contributed by atoms with Crippen LogP contribution in [0.5, 0.6) is 5.75 Å². The second-order valence-electron chi connectivity index (χ2n) is 6.35. The highest BCUT2D eigenvalue weighted by molar-refractivity contribution is 7.89. The van der Waals surface area contributed by atoms with Crippen molar-refractivity contribution in [2.45, 2.75) is 24.3 Å². The predicted molar refractivity (Wildman–Crippen MR) is 102 cm³/mol. The molecule has 0 aliphatic carbocycles. The molecule has 1 saturated heterocycles. The molecule has 1 atom stereocenters. The summed E-state index contributed by atoms with van der Waals surface area (Å²) < 4.78 is 38.1. The van der Waals surface area contributed by atoms with Crippen LogP contribution in [0.3, 0.4) is 0 Å². The molecule has 0 saturated carbocycles. The lowest BCUT2D eigenvalue weighted by atomic mass is 10.1. The molecule has 0 radical (unpaired) electrons. The number of nitrogens with one attached hydrogen (secondary N) is 2. The Labute approximate surface area is 158 Å². The van der Waals surface area contributed by atoms with E-state index >= 15 is 0 Å². The first kappa shape index (κ1) is 19.3. The van der Waals surface area contributed by atoms with E-state index in [1.165, 1.54) is 12.1 Å². The molecule has 0 unspecified atom stereocenters. The Morgan fingerprint density at radius 2 is 2.04 bits per heavy atom. The third kappa shape index (κ3) is 4.65. The topological polar surface area (TPSA) is 93.7 Å². The largest absolute Gasteiger partial charge is 0.496 e. The number of methoxy groups -OCH3 is 1. The third-order valence-electron chi connectivity index (χ3n) is 4.31. The Balaban J connectivity index is 1.76. The number of sulfonamides is 1. The second kappa shape index (κ2) is 8.08. The smallest absolute Gasteiger partial charge is 0.255 e. The molecule has 3 rings (SSSR count). The zero-order valence-electron chi connectivity index (χ0n) is 15.2. The van der Waals surface area contributed by atoms with Gasteiger partial charge in [-0.15, -0.1) is 0 Å². The molecule has 2 N–H and O–H groups in total. The molecule has 0 bridgehead atoms. The molecule has 0 aromatic heterocycles. The summed E-state index contributed by atoms with van der Waals surface area (Å²) in [5, 5.41) is 2.77. The first-order valence-corrected chi connectivity index (χ1v) is 10.0. The summed E-state index contributed by atoms with van der Waals surface area (Å²) in [5.74, 6) is 0.337. The summed E-state index contributed by atoms with van der Waals surface area (Å²) >= 11 is 0. The minimum Gasteiger partial charge on any atom is -0.496 e. The Bertz CT molecular complexity index is 937. The number of carbonyl (C=O) groups excluding carboxylic acids is 1. The number of hydrogen-bond donors (Lipinski definition) is 2. The first-order valence-electron chi connectivity index (χ1n) is 8.55. The van der Waals surface area contributed by atoms with Crippen LogP contribution in [0.15, 0.2) is 47.4 Å². The number of aryl methyl sites for hydroxylation is 1. The highest BCUT2D eigenvalue weighted by Gasteiger charge is 2.24. The van der Waals surface area contributed by atoms with Crippen molar-refractivity contribution in [3.05, 3.63) is 53.6 Å². The van der Waals surface area contributed by atoms with Crippen molar-refractivity contribution in [1.29, 1.82) is 0 Å². The van der Waals surface area contributed by atoms with Gasteiger partial charge in [0.15, 0.2) is 0 Å². The number of rotatable bonds is 6. The summed E-state index contributed by atoms with van der Waals surface area (Å²) in [4.78, 5) is 12.6.